The normalized spacial score (nSPS) is 10.0. The highest BCUT2D eigenvalue weighted by Gasteiger charge is 2.09. The fourth-order valence-electron chi connectivity index (χ4n) is 1.66. The van der Waals surface area contributed by atoms with Crippen LogP contribution in [0.15, 0.2) is 24.3 Å². The molecule has 0 radical (unpaired) electrons. The van der Waals surface area contributed by atoms with E-state index >= 15 is 0 Å². The number of methoxy groups -OCH3 is 1. The number of aryl methyl sites for hydroxylation is 1. The van der Waals surface area contributed by atoms with E-state index in [9.17, 15) is 4.39 Å². The third-order valence-electron chi connectivity index (χ3n) is 2.60. The van der Waals surface area contributed by atoms with Crippen LogP contribution < -0.4 is 4.74 Å². The maximum Gasteiger partial charge on any atom is 0.165 e. The molecule has 0 saturated carbocycles. The third kappa shape index (κ3) is 2.00. The first-order chi connectivity index (χ1) is 8.15. The average molecular weight is 230 g/mol. The zero-order chi connectivity index (χ0) is 12.4. The highest BCUT2D eigenvalue weighted by atomic mass is 19.1. The molecule has 17 heavy (non-hydrogen) atoms. The lowest BCUT2D eigenvalue weighted by atomic mass is 10.1. The van der Waals surface area contributed by atoms with E-state index in [0.29, 0.717) is 11.1 Å². The molecule has 0 saturated heterocycles. The molecule has 0 aliphatic rings. The summed E-state index contributed by atoms with van der Waals surface area (Å²) in [5, 5.41) is 8.85. The number of H-pyrrole nitrogens is 1. The molecule has 1 aromatic heterocycles. The highest BCUT2D eigenvalue weighted by molar-refractivity contribution is 5.64. The molecule has 0 bridgehead atoms. The monoisotopic (exact) mass is 230 g/mol. The Balaban J connectivity index is 2.47. The van der Waals surface area contributed by atoms with E-state index in [4.69, 9.17) is 10.00 Å². The van der Waals surface area contributed by atoms with E-state index in [1.807, 2.05) is 6.92 Å². The van der Waals surface area contributed by atoms with Crippen LogP contribution in [0.25, 0.3) is 11.3 Å². The van der Waals surface area contributed by atoms with Gasteiger partial charge in [0.15, 0.2) is 11.6 Å². The molecule has 2 rings (SSSR count). The lowest BCUT2D eigenvalue weighted by Gasteiger charge is -2.03. The SMILES string of the molecule is COc1ccc(-c2cc(C#N)c(C)[nH]2)cc1F. The number of rotatable bonds is 2. The predicted octanol–water partition coefficient (Wildman–Crippen LogP) is 3.01. The van der Waals surface area contributed by atoms with Crippen molar-refractivity contribution in [2.45, 2.75) is 6.92 Å². The molecule has 0 amide bonds. The van der Waals surface area contributed by atoms with Crippen molar-refractivity contribution in [2.24, 2.45) is 0 Å². The molecule has 0 aliphatic heterocycles. The molecule has 2 aromatic rings. The van der Waals surface area contributed by atoms with Crippen LogP contribution in [0.2, 0.25) is 0 Å². The summed E-state index contributed by atoms with van der Waals surface area (Å²) >= 11 is 0. The van der Waals surface area contributed by atoms with Crippen LogP contribution in [-0.2, 0) is 0 Å². The number of benzene rings is 1. The predicted molar refractivity (Wildman–Crippen MR) is 62.2 cm³/mol. The summed E-state index contributed by atoms with van der Waals surface area (Å²) in [6, 6.07) is 8.46. The van der Waals surface area contributed by atoms with Gasteiger partial charge in [-0.1, -0.05) is 0 Å². The van der Waals surface area contributed by atoms with Gasteiger partial charge in [-0.3, -0.25) is 0 Å². The number of hydrogen-bond donors (Lipinski definition) is 1. The molecule has 0 aliphatic carbocycles. The van der Waals surface area contributed by atoms with Gasteiger partial charge in [-0.15, -0.1) is 0 Å². The van der Waals surface area contributed by atoms with Crippen LogP contribution in [0.3, 0.4) is 0 Å². The lowest BCUT2D eigenvalue weighted by Crippen LogP contribution is -1.88. The summed E-state index contributed by atoms with van der Waals surface area (Å²) in [5.74, 6) is -0.215. The van der Waals surface area contributed by atoms with Crippen molar-refractivity contribution in [3.8, 4) is 23.1 Å². The van der Waals surface area contributed by atoms with E-state index in [-0.39, 0.29) is 5.75 Å². The quantitative estimate of drug-likeness (QED) is 0.862. The van der Waals surface area contributed by atoms with Crippen molar-refractivity contribution in [3.63, 3.8) is 0 Å². The molecular weight excluding hydrogens is 219 g/mol. The summed E-state index contributed by atoms with van der Waals surface area (Å²) in [7, 11) is 1.42. The number of aromatic nitrogens is 1. The van der Waals surface area contributed by atoms with E-state index < -0.39 is 5.82 Å². The molecule has 0 atom stereocenters. The van der Waals surface area contributed by atoms with Crippen molar-refractivity contribution < 1.29 is 9.13 Å². The number of nitrogens with zero attached hydrogens (tertiary/aromatic N) is 1. The lowest BCUT2D eigenvalue weighted by molar-refractivity contribution is 0.386. The van der Waals surface area contributed by atoms with E-state index in [0.717, 1.165) is 11.4 Å². The molecule has 1 N–H and O–H groups in total. The van der Waals surface area contributed by atoms with Gasteiger partial charge in [0.2, 0.25) is 0 Å². The van der Waals surface area contributed by atoms with Crippen LogP contribution in [0, 0.1) is 24.1 Å². The van der Waals surface area contributed by atoms with Crippen molar-refractivity contribution in [1.29, 1.82) is 5.26 Å². The number of aromatic amines is 1. The largest absolute Gasteiger partial charge is 0.494 e. The Hall–Kier alpha value is -2.28. The molecular formula is C13H11FN2O. The number of nitrogens with one attached hydrogen (secondary N) is 1. The fourth-order valence-corrected chi connectivity index (χ4v) is 1.66. The summed E-state index contributed by atoms with van der Waals surface area (Å²) in [4.78, 5) is 3.05. The summed E-state index contributed by atoms with van der Waals surface area (Å²) in [6.07, 6.45) is 0. The van der Waals surface area contributed by atoms with Gasteiger partial charge in [-0.2, -0.15) is 5.26 Å². The molecule has 3 nitrogen and oxygen atoms in total. The van der Waals surface area contributed by atoms with Gasteiger partial charge in [0.1, 0.15) is 6.07 Å². The van der Waals surface area contributed by atoms with Gasteiger partial charge in [0.25, 0.3) is 0 Å². The van der Waals surface area contributed by atoms with Gasteiger partial charge in [-0.05, 0) is 31.2 Å². The molecule has 0 fully saturated rings. The van der Waals surface area contributed by atoms with E-state index in [1.54, 1.807) is 18.2 Å². The molecule has 1 aromatic carbocycles. The zero-order valence-electron chi connectivity index (χ0n) is 9.54. The second-order valence-electron chi connectivity index (χ2n) is 3.68. The molecule has 0 unspecified atom stereocenters. The van der Waals surface area contributed by atoms with Crippen molar-refractivity contribution in [1.82, 2.24) is 4.98 Å². The Morgan fingerprint density at radius 1 is 1.35 bits per heavy atom. The molecule has 4 heteroatoms. The number of halogens is 1. The summed E-state index contributed by atoms with van der Waals surface area (Å²) in [6.45, 7) is 1.81. The minimum Gasteiger partial charge on any atom is -0.494 e. The minimum absolute atomic E-state index is 0.206. The first-order valence-corrected chi connectivity index (χ1v) is 5.09. The average Bonchev–Trinajstić information content (AvgIpc) is 2.70. The smallest absolute Gasteiger partial charge is 0.165 e. The summed E-state index contributed by atoms with van der Waals surface area (Å²) < 4.78 is 18.4. The van der Waals surface area contributed by atoms with Crippen molar-refractivity contribution in [3.05, 3.63) is 41.3 Å². The Kier molecular flexibility index (Phi) is 2.84. The third-order valence-corrected chi connectivity index (χ3v) is 2.60. The number of hydrogen-bond acceptors (Lipinski definition) is 2. The topological polar surface area (TPSA) is 48.8 Å². The fraction of sp³-hybridized carbons (Fsp3) is 0.154. The zero-order valence-corrected chi connectivity index (χ0v) is 9.54. The molecule has 86 valence electrons. The Labute approximate surface area is 98.5 Å². The maximum absolute atomic E-state index is 13.5. The maximum atomic E-state index is 13.5. The van der Waals surface area contributed by atoms with E-state index in [2.05, 4.69) is 11.1 Å². The van der Waals surface area contributed by atoms with Gasteiger partial charge in [0, 0.05) is 17.0 Å². The van der Waals surface area contributed by atoms with Crippen LogP contribution in [-0.4, -0.2) is 12.1 Å². The second kappa shape index (κ2) is 4.30. The minimum atomic E-state index is -0.421. The van der Waals surface area contributed by atoms with Gasteiger partial charge in [-0.25, -0.2) is 4.39 Å². The van der Waals surface area contributed by atoms with Crippen LogP contribution in [0.1, 0.15) is 11.3 Å². The van der Waals surface area contributed by atoms with Crippen LogP contribution in [0.5, 0.6) is 5.75 Å². The Bertz CT molecular complexity index is 596. The van der Waals surface area contributed by atoms with Gasteiger partial charge >= 0.3 is 0 Å². The van der Waals surface area contributed by atoms with Crippen LogP contribution in [0.4, 0.5) is 4.39 Å². The first-order valence-electron chi connectivity index (χ1n) is 5.09. The Morgan fingerprint density at radius 3 is 2.65 bits per heavy atom. The van der Waals surface area contributed by atoms with Crippen molar-refractivity contribution >= 4 is 0 Å². The van der Waals surface area contributed by atoms with Crippen molar-refractivity contribution in [2.75, 3.05) is 7.11 Å². The molecule has 0 spiro atoms. The first kappa shape index (κ1) is 11.2. The summed E-state index contributed by atoms with van der Waals surface area (Å²) in [5.41, 5.74) is 2.75. The highest BCUT2D eigenvalue weighted by Crippen LogP contribution is 2.26. The number of nitriles is 1. The van der Waals surface area contributed by atoms with Gasteiger partial charge < -0.3 is 9.72 Å². The van der Waals surface area contributed by atoms with Gasteiger partial charge in [0.05, 0.1) is 12.7 Å². The number of ether oxygens (including phenoxy) is 1. The molecule has 1 heterocycles. The standard InChI is InChI=1S/C13H11FN2O/c1-8-10(7-15)6-12(16-8)9-3-4-13(17-2)11(14)5-9/h3-6,16H,1-2H3. The van der Waals surface area contributed by atoms with Crippen LogP contribution >= 0.6 is 0 Å². The Morgan fingerprint density at radius 2 is 2.12 bits per heavy atom. The van der Waals surface area contributed by atoms with E-state index in [1.165, 1.54) is 13.2 Å². The second-order valence-corrected chi connectivity index (χ2v) is 3.68.